The third kappa shape index (κ3) is 3.86. The maximum atomic E-state index is 12.8. The van der Waals surface area contributed by atoms with E-state index in [1.807, 2.05) is 6.07 Å². The van der Waals surface area contributed by atoms with Crippen LogP contribution in [0.4, 0.5) is 5.69 Å². The third-order valence-corrected chi connectivity index (χ3v) is 5.68. The third-order valence-electron chi connectivity index (χ3n) is 4.32. The van der Waals surface area contributed by atoms with Gasteiger partial charge in [0.1, 0.15) is 0 Å². The Balaban J connectivity index is 1.90. The van der Waals surface area contributed by atoms with E-state index in [2.05, 4.69) is 4.72 Å². The zero-order chi connectivity index (χ0) is 18.6. The first-order valence-corrected chi connectivity index (χ1v) is 9.91. The maximum absolute atomic E-state index is 12.8. The molecule has 0 unspecified atom stereocenters. The largest absolute Gasteiger partial charge is 0.339 e. The van der Waals surface area contributed by atoms with E-state index in [1.165, 1.54) is 24.3 Å². The lowest BCUT2D eigenvalue weighted by atomic mass is 10.1. The van der Waals surface area contributed by atoms with Crippen LogP contribution in [0.5, 0.6) is 0 Å². The van der Waals surface area contributed by atoms with E-state index in [0.717, 1.165) is 19.3 Å². The predicted octanol–water partition coefficient (Wildman–Crippen LogP) is 2.99. The van der Waals surface area contributed by atoms with Crippen molar-refractivity contribution in [3.63, 3.8) is 0 Å². The second kappa shape index (κ2) is 7.58. The van der Waals surface area contributed by atoms with E-state index in [-0.39, 0.29) is 22.1 Å². The molecule has 2 aromatic carbocycles. The first-order valence-electron chi connectivity index (χ1n) is 8.42. The average Bonchev–Trinajstić information content (AvgIpc) is 2.68. The zero-order valence-corrected chi connectivity index (χ0v) is 15.0. The number of piperidine rings is 1. The lowest BCUT2D eigenvalue weighted by Crippen LogP contribution is -2.36. The molecule has 0 aliphatic carbocycles. The molecule has 3 rings (SSSR count). The summed E-state index contributed by atoms with van der Waals surface area (Å²) in [7, 11) is -3.90. The number of likely N-dealkylation sites (tertiary alicyclic amines) is 1. The number of nitrogens with one attached hydrogen (secondary N) is 1. The van der Waals surface area contributed by atoms with Crippen LogP contribution in [0.1, 0.15) is 35.2 Å². The molecule has 1 heterocycles. The predicted molar refractivity (Wildman–Crippen MR) is 98.2 cm³/mol. The monoisotopic (exact) mass is 369 g/mol. The smallest absolute Gasteiger partial charge is 0.261 e. The molecule has 6 nitrogen and oxygen atoms in total. The second-order valence-corrected chi connectivity index (χ2v) is 7.83. The summed E-state index contributed by atoms with van der Waals surface area (Å²) < 4.78 is 27.8. The second-order valence-electron chi connectivity index (χ2n) is 6.14. The molecule has 26 heavy (non-hydrogen) atoms. The van der Waals surface area contributed by atoms with Crippen molar-refractivity contribution in [3.05, 3.63) is 59.7 Å². The Labute approximate surface area is 153 Å². The van der Waals surface area contributed by atoms with Crippen molar-refractivity contribution < 1.29 is 13.2 Å². The molecule has 1 aliphatic heterocycles. The van der Waals surface area contributed by atoms with Crippen LogP contribution in [-0.4, -0.2) is 32.3 Å². The van der Waals surface area contributed by atoms with Crippen LogP contribution in [0.25, 0.3) is 0 Å². The van der Waals surface area contributed by atoms with Crippen LogP contribution in [0.2, 0.25) is 0 Å². The molecule has 1 amide bonds. The summed E-state index contributed by atoms with van der Waals surface area (Å²) in [6, 6.07) is 14.3. The van der Waals surface area contributed by atoms with E-state index < -0.39 is 10.0 Å². The van der Waals surface area contributed by atoms with Crippen LogP contribution in [0, 0.1) is 11.3 Å². The fourth-order valence-corrected chi connectivity index (χ4v) is 4.09. The van der Waals surface area contributed by atoms with Gasteiger partial charge in [0, 0.05) is 13.1 Å². The van der Waals surface area contributed by atoms with Gasteiger partial charge < -0.3 is 4.90 Å². The summed E-state index contributed by atoms with van der Waals surface area (Å²) in [5, 5.41) is 8.96. The molecule has 7 heteroatoms. The minimum absolute atomic E-state index is 0.0169. The Bertz CT molecular complexity index is 958. The average molecular weight is 369 g/mol. The number of hydrogen-bond donors (Lipinski definition) is 1. The molecular formula is C19H19N3O3S. The molecule has 0 radical (unpaired) electrons. The quantitative estimate of drug-likeness (QED) is 0.897. The van der Waals surface area contributed by atoms with E-state index in [9.17, 15) is 13.2 Å². The summed E-state index contributed by atoms with van der Waals surface area (Å²) in [5.41, 5.74) is 0.824. The molecule has 0 atom stereocenters. The summed E-state index contributed by atoms with van der Waals surface area (Å²) in [6.07, 6.45) is 3.02. The highest BCUT2D eigenvalue weighted by Crippen LogP contribution is 2.23. The highest BCUT2D eigenvalue weighted by molar-refractivity contribution is 7.92. The van der Waals surface area contributed by atoms with Gasteiger partial charge in [-0.2, -0.15) is 5.26 Å². The van der Waals surface area contributed by atoms with Crippen LogP contribution in [0.15, 0.2) is 53.4 Å². The first kappa shape index (κ1) is 18.0. The molecule has 134 valence electrons. The van der Waals surface area contributed by atoms with Gasteiger partial charge in [0.15, 0.2) is 0 Å². The molecule has 0 saturated carbocycles. The number of carbonyl (C=O) groups excluding carboxylic acids is 1. The lowest BCUT2D eigenvalue weighted by molar-refractivity contribution is 0.0725. The highest BCUT2D eigenvalue weighted by Gasteiger charge is 2.23. The van der Waals surface area contributed by atoms with E-state index in [0.29, 0.717) is 18.7 Å². The number of hydrogen-bond acceptors (Lipinski definition) is 4. The van der Waals surface area contributed by atoms with E-state index in [1.54, 1.807) is 29.2 Å². The van der Waals surface area contributed by atoms with Gasteiger partial charge in [0.2, 0.25) is 0 Å². The molecule has 0 aromatic heterocycles. The molecule has 2 aromatic rings. The Morgan fingerprint density at radius 3 is 2.50 bits per heavy atom. The molecule has 1 aliphatic rings. The summed E-state index contributed by atoms with van der Waals surface area (Å²) in [6.45, 7) is 1.37. The van der Waals surface area contributed by atoms with Crippen LogP contribution < -0.4 is 4.72 Å². The lowest BCUT2D eigenvalue weighted by Gasteiger charge is -2.27. The molecule has 1 fully saturated rings. The minimum atomic E-state index is -3.90. The van der Waals surface area contributed by atoms with Crippen LogP contribution in [-0.2, 0) is 10.0 Å². The summed E-state index contributed by atoms with van der Waals surface area (Å²) >= 11 is 0. The maximum Gasteiger partial charge on any atom is 0.261 e. The van der Waals surface area contributed by atoms with E-state index >= 15 is 0 Å². The van der Waals surface area contributed by atoms with Crippen LogP contribution >= 0.6 is 0 Å². The summed E-state index contributed by atoms with van der Waals surface area (Å²) in [4.78, 5) is 14.5. The number of para-hydroxylation sites is 1. The molecule has 1 N–H and O–H groups in total. The highest BCUT2D eigenvalue weighted by atomic mass is 32.2. The van der Waals surface area contributed by atoms with Gasteiger partial charge in [-0.15, -0.1) is 0 Å². The Morgan fingerprint density at radius 2 is 1.77 bits per heavy atom. The number of sulfonamides is 1. The number of amides is 1. The van der Waals surface area contributed by atoms with Crippen molar-refractivity contribution in [1.29, 1.82) is 5.26 Å². The molecular weight excluding hydrogens is 350 g/mol. The van der Waals surface area contributed by atoms with Gasteiger partial charge in [0.25, 0.3) is 15.9 Å². The number of carbonyl (C=O) groups is 1. The molecule has 0 bridgehead atoms. The van der Waals surface area contributed by atoms with Gasteiger partial charge >= 0.3 is 0 Å². The van der Waals surface area contributed by atoms with Crippen molar-refractivity contribution in [2.75, 3.05) is 17.8 Å². The number of nitriles is 1. The van der Waals surface area contributed by atoms with Crippen LogP contribution in [0.3, 0.4) is 0 Å². The van der Waals surface area contributed by atoms with Crippen molar-refractivity contribution in [1.82, 2.24) is 4.90 Å². The Hall–Kier alpha value is -2.85. The SMILES string of the molecule is N#Cc1cccc(S(=O)(=O)Nc2ccccc2C(=O)N2CCCCC2)c1. The fraction of sp³-hybridized carbons (Fsp3) is 0.263. The fourth-order valence-electron chi connectivity index (χ4n) is 2.96. The first-order chi connectivity index (χ1) is 12.5. The Kier molecular flexibility index (Phi) is 5.24. The number of anilines is 1. The van der Waals surface area contributed by atoms with E-state index in [4.69, 9.17) is 5.26 Å². The molecule has 1 saturated heterocycles. The van der Waals surface area contributed by atoms with Gasteiger partial charge in [-0.3, -0.25) is 9.52 Å². The van der Waals surface area contributed by atoms with Crippen molar-refractivity contribution in [2.45, 2.75) is 24.2 Å². The van der Waals surface area contributed by atoms with Gasteiger partial charge in [-0.25, -0.2) is 8.42 Å². The number of rotatable bonds is 4. The Morgan fingerprint density at radius 1 is 1.04 bits per heavy atom. The summed E-state index contributed by atoms with van der Waals surface area (Å²) in [5.74, 6) is -0.172. The standard InChI is InChI=1S/C19H19N3O3S/c20-14-15-7-6-8-16(13-15)26(24,25)21-18-10-3-2-9-17(18)19(23)22-11-4-1-5-12-22/h2-3,6-10,13,21H,1,4-5,11-12H2. The van der Waals surface area contributed by atoms with Gasteiger partial charge in [-0.05, 0) is 49.6 Å². The van der Waals surface area contributed by atoms with Crippen molar-refractivity contribution in [2.24, 2.45) is 0 Å². The van der Waals surface area contributed by atoms with Gasteiger partial charge in [0.05, 0.1) is 27.8 Å². The zero-order valence-electron chi connectivity index (χ0n) is 14.2. The number of nitrogens with zero attached hydrogens (tertiary/aromatic N) is 2. The van der Waals surface area contributed by atoms with Gasteiger partial charge in [-0.1, -0.05) is 18.2 Å². The normalized spacial score (nSPS) is 14.5. The van der Waals surface area contributed by atoms with Crippen molar-refractivity contribution >= 4 is 21.6 Å². The van der Waals surface area contributed by atoms with Crippen molar-refractivity contribution in [3.8, 4) is 6.07 Å². The number of benzene rings is 2. The molecule has 0 spiro atoms. The topological polar surface area (TPSA) is 90.3 Å². The minimum Gasteiger partial charge on any atom is -0.339 e.